The summed E-state index contributed by atoms with van der Waals surface area (Å²) in [5.74, 6) is -1.01. The van der Waals surface area contributed by atoms with Gasteiger partial charge in [-0.25, -0.2) is 8.78 Å². The second-order valence-electron chi connectivity index (χ2n) is 4.30. The van der Waals surface area contributed by atoms with Crippen LogP contribution in [-0.2, 0) is 6.42 Å². The van der Waals surface area contributed by atoms with E-state index in [-0.39, 0.29) is 17.8 Å². The molecule has 104 valence electrons. The molecule has 2 rings (SSSR count). The second kappa shape index (κ2) is 6.28. The molecule has 2 aromatic carbocycles. The number of carbonyl (C=O) groups excluding carboxylic acids is 1. The van der Waals surface area contributed by atoms with Crippen molar-refractivity contribution >= 4 is 5.78 Å². The molecule has 0 spiro atoms. The molecule has 0 fully saturated rings. The molecule has 0 aliphatic carbocycles. The second-order valence-corrected chi connectivity index (χ2v) is 4.30. The molecule has 0 saturated carbocycles. The van der Waals surface area contributed by atoms with Crippen molar-refractivity contribution in [2.45, 2.75) is 13.3 Å². The van der Waals surface area contributed by atoms with E-state index in [0.29, 0.717) is 17.9 Å². The van der Waals surface area contributed by atoms with Gasteiger partial charge >= 0.3 is 0 Å². The van der Waals surface area contributed by atoms with Gasteiger partial charge in [0.1, 0.15) is 17.4 Å². The number of carbonyl (C=O) groups is 1. The monoisotopic (exact) mass is 276 g/mol. The number of ketones is 1. The van der Waals surface area contributed by atoms with E-state index in [1.807, 2.05) is 6.92 Å². The maximum Gasteiger partial charge on any atom is 0.167 e. The summed E-state index contributed by atoms with van der Waals surface area (Å²) in [4.78, 5) is 12.1. The van der Waals surface area contributed by atoms with Crippen LogP contribution in [0, 0.1) is 11.6 Å². The van der Waals surface area contributed by atoms with Crippen LogP contribution < -0.4 is 4.74 Å². The van der Waals surface area contributed by atoms with Gasteiger partial charge < -0.3 is 4.74 Å². The SMILES string of the molecule is CCOc1cccc(C(=O)Cc2ccc(F)cc2F)c1. The molecule has 4 heteroatoms. The minimum absolute atomic E-state index is 0.109. The van der Waals surface area contributed by atoms with E-state index in [9.17, 15) is 13.6 Å². The van der Waals surface area contributed by atoms with Crippen molar-refractivity contribution in [3.63, 3.8) is 0 Å². The highest BCUT2D eigenvalue weighted by atomic mass is 19.1. The molecule has 0 N–H and O–H groups in total. The first-order valence-corrected chi connectivity index (χ1v) is 6.30. The third-order valence-corrected chi connectivity index (χ3v) is 2.83. The number of benzene rings is 2. The molecule has 0 bridgehead atoms. The smallest absolute Gasteiger partial charge is 0.167 e. The lowest BCUT2D eigenvalue weighted by molar-refractivity contribution is 0.0991. The molecule has 0 amide bonds. The van der Waals surface area contributed by atoms with Gasteiger partial charge in [-0.1, -0.05) is 18.2 Å². The zero-order valence-electron chi connectivity index (χ0n) is 11.0. The number of hydrogen-bond donors (Lipinski definition) is 0. The predicted molar refractivity (Wildman–Crippen MR) is 72.0 cm³/mol. The molecular weight excluding hydrogens is 262 g/mol. The molecule has 0 aromatic heterocycles. The van der Waals surface area contributed by atoms with Crippen LogP contribution in [0.5, 0.6) is 5.75 Å². The van der Waals surface area contributed by atoms with E-state index in [2.05, 4.69) is 0 Å². The quantitative estimate of drug-likeness (QED) is 0.777. The first-order chi connectivity index (χ1) is 9.60. The lowest BCUT2D eigenvalue weighted by atomic mass is 10.0. The summed E-state index contributed by atoms with van der Waals surface area (Å²) >= 11 is 0. The number of Topliss-reactive ketones (excluding diaryl/α,β-unsaturated/α-hetero) is 1. The lowest BCUT2D eigenvalue weighted by Crippen LogP contribution is -2.06. The van der Waals surface area contributed by atoms with Gasteiger partial charge in [0.25, 0.3) is 0 Å². The van der Waals surface area contributed by atoms with Crippen molar-refractivity contribution < 1.29 is 18.3 Å². The van der Waals surface area contributed by atoms with Crippen molar-refractivity contribution in [2.24, 2.45) is 0 Å². The van der Waals surface area contributed by atoms with Gasteiger partial charge in [-0.2, -0.15) is 0 Å². The van der Waals surface area contributed by atoms with Crippen LogP contribution in [0.3, 0.4) is 0 Å². The van der Waals surface area contributed by atoms with E-state index in [0.717, 1.165) is 12.1 Å². The van der Waals surface area contributed by atoms with Crippen molar-refractivity contribution in [3.05, 3.63) is 65.2 Å². The molecule has 2 aromatic rings. The van der Waals surface area contributed by atoms with E-state index in [4.69, 9.17) is 4.74 Å². The van der Waals surface area contributed by atoms with Crippen LogP contribution in [0.25, 0.3) is 0 Å². The Labute approximate surface area is 116 Å². The third kappa shape index (κ3) is 3.41. The molecule has 0 aliphatic heterocycles. The van der Waals surface area contributed by atoms with Gasteiger partial charge in [0, 0.05) is 18.1 Å². The maximum atomic E-state index is 13.5. The molecule has 0 heterocycles. The Morgan fingerprint density at radius 1 is 1.15 bits per heavy atom. The Morgan fingerprint density at radius 3 is 2.65 bits per heavy atom. The summed E-state index contributed by atoms with van der Waals surface area (Å²) in [6.07, 6.45) is -0.109. The van der Waals surface area contributed by atoms with Crippen LogP contribution in [0.4, 0.5) is 8.78 Å². The van der Waals surface area contributed by atoms with Crippen LogP contribution in [-0.4, -0.2) is 12.4 Å². The van der Waals surface area contributed by atoms with Crippen LogP contribution in [0.1, 0.15) is 22.8 Å². The van der Waals surface area contributed by atoms with Gasteiger partial charge in [0.15, 0.2) is 5.78 Å². The Hall–Kier alpha value is -2.23. The molecule has 0 unspecified atom stereocenters. The van der Waals surface area contributed by atoms with Crippen molar-refractivity contribution in [1.29, 1.82) is 0 Å². The van der Waals surface area contributed by atoms with Gasteiger partial charge in [0.05, 0.1) is 6.61 Å². The van der Waals surface area contributed by atoms with Crippen molar-refractivity contribution in [1.82, 2.24) is 0 Å². The first-order valence-electron chi connectivity index (χ1n) is 6.30. The molecule has 0 saturated heterocycles. The van der Waals surface area contributed by atoms with E-state index in [1.54, 1.807) is 24.3 Å². The minimum Gasteiger partial charge on any atom is -0.494 e. The Balaban J connectivity index is 2.17. The number of hydrogen-bond acceptors (Lipinski definition) is 2. The average molecular weight is 276 g/mol. The fourth-order valence-corrected chi connectivity index (χ4v) is 1.87. The summed E-state index contributed by atoms with van der Waals surface area (Å²) in [6.45, 7) is 2.35. The van der Waals surface area contributed by atoms with Gasteiger partial charge in [-0.05, 0) is 30.7 Å². The number of halogens is 2. The normalized spacial score (nSPS) is 10.3. The molecule has 0 atom stereocenters. The van der Waals surface area contributed by atoms with Crippen molar-refractivity contribution in [3.8, 4) is 5.75 Å². The van der Waals surface area contributed by atoms with Crippen LogP contribution in [0.2, 0.25) is 0 Å². The van der Waals surface area contributed by atoms with Gasteiger partial charge in [0.2, 0.25) is 0 Å². The van der Waals surface area contributed by atoms with E-state index >= 15 is 0 Å². The van der Waals surface area contributed by atoms with Gasteiger partial charge in [-0.3, -0.25) is 4.79 Å². The van der Waals surface area contributed by atoms with E-state index in [1.165, 1.54) is 6.07 Å². The molecule has 0 aliphatic rings. The Bertz CT molecular complexity index is 624. The summed E-state index contributed by atoms with van der Waals surface area (Å²) in [6, 6.07) is 9.92. The Kier molecular flexibility index (Phi) is 4.45. The standard InChI is InChI=1S/C16H14F2O2/c1-2-20-14-5-3-4-12(8-14)16(19)9-11-6-7-13(17)10-15(11)18/h3-8,10H,2,9H2,1H3. The summed E-state index contributed by atoms with van der Waals surface area (Å²) < 4.78 is 31.6. The van der Waals surface area contributed by atoms with Gasteiger partial charge in [-0.15, -0.1) is 0 Å². The molecule has 2 nitrogen and oxygen atoms in total. The molecule has 20 heavy (non-hydrogen) atoms. The zero-order chi connectivity index (χ0) is 14.5. The first kappa shape index (κ1) is 14.2. The average Bonchev–Trinajstić information content (AvgIpc) is 2.42. The highest BCUT2D eigenvalue weighted by Gasteiger charge is 2.12. The highest BCUT2D eigenvalue weighted by Crippen LogP contribution is 2.17. The largest absolute Gasteiger partial charge is 0.494 e. The zero-order valence-corrected chi connectivity index (χ0v) is 11.0. The maximum absolute atomic E-state index is 13.5. The molecular formula is C16H14F2O2. The summed E-state index contributed by atoms with van der Waals surface area (Å²) in [7, 11) is 0. The highest BCUT2D eigenvalue weighted by molar-refractivity contribution is 5.97. The summed E-state index contributed by atoms with van der Waals surface area (Å²) in [5.41, 5.74) is 0.623. The predicted octanol–water partition coefficient (Wildman–Crippen LogP) is 3.79. The Morgan fingerprint density at radius 2 is 1.95 bits per heavy atom. The van der Waals surface area contributed by atoms with E-state index < -0.39 is 11.6 Å². The lowest BCUT2D eigenvalue weighted by Gasteiger charge is -2.06. The van der Waals surface area contributed by atoms with Crippen LogP contribution >= 0.6 is 0 Å². The van der Waals surface area contributed by atoms with Crippen molar-refractivity contribution in [2.75, 3.05) is 6.61 Å². The number of rotatable bonds is 5. The fraction of sp³-hybridized carbons (Fsp3) is 0.188. The van der Waals surface area contributed by atoms with Crippen LogP contribution in [0.15, 0.2) is 42.5 Å². The molecule has 0 radical (unpaired) electrons. The number of ether oxygens (including phenoxy) is 1. The summed E-state index contributed by atoms with van der Waals surface area (Å²) in [5, 5.41) is 0. The topological polar surface area (TPSA) is 26.3 Å². The minimum atomic E-state index is -0.709. The fourth-order valence-electron chi connectivity index (χ4n) is 1.87. The third-order valence-electron chi connectivity index (χ3n) is 2.83.